The molecule has 0 aromatic heterocycles. The molecule has 1 spiro atoms. The zero-order valence-corrected chi connectivity index (χ0v) is 12.5. The molecule has 0 aromatic rings. The van der Waals surface area contributed by atoms with Gasteiger partial charge in [0.15, 0.2) is 0 Å². The minimum absolute atomic E-state index is 0.0166. The van der Waals surface area contributed by atoms with Crippen molar-refractivity contribution in [1.82, 2.24) is 0 Å². The van der Waals surface area contributed by atoms with Crippen molar-refractivity contribution in [2.24, 2.45) is 22.7 Å². The summed E-state index contributed by atoms with van der Waals surface area (Å²) in [5, 5.41) is 0. The third-order valence-corrected chi connectivity index (χ3v) is 7.68. The minimum atomic E-state index is 0.0166. The van der Waals surface area contributed by atoms with Crippen molar-refractivity contribution < 1.29 is 14.3 Å². The van der Waals surface area contributed by atoms with E-state index in [-0.39, 0.29) is 23.1 Å². The number of carbonyl (C=O) groups excluding carboxylic acids is 1. The van der Waals surface area contributed by atoms with Crippen LogP contribution in [0.3, 0.4) is 0 Å². The molecule has 0 amide bonds. The topological polar surface area (TPSA) is 35.5 Å². The average Bonchev–Trinajstić information content (AvgIpc) is 2.73. The van der Waals surface area contributed by atoms with Gasteiger partial charge in [-0.3, -0.25) is 4.79 Å². The summed E-state index contributed by atoms with van der Waals surface area (Å²) in [6.45, 7) is 4.73. The summed E-state index contributed by atoms with van der Waals surface area (Å²) in [5.41, 5.74) is 0.818. The molecule has 3 heteroatoms. The molecule has 3 saturated carbocycles. The van der Waals surface area contributed by atoms with Crippen molar-refractivity contribution in [2.75, 3.05) is 0 Å². The zero-order chi connectivity index (χ0) is 13.8. The van der Waals surface area contributed by atoms with E-state index >= 15 is 0 Å². The van der Waals surface area contributed by atoms with Crippen LogP contribution in [0, 0.1) is 22.7 Å². The number of carbonyl (C=O) groups is 1. The number of hydrogen-bond donors (Lipinski definition) is 0. The predicted octanol–water partition coefficient (Wildman–Crippen LogP) is 3.07. The van der Waals surface area contributed by atoms with E-state index in [0.717, 1.165) is 18.8 Å². The molecule has 6 fully saturated rings. The molecule has 0 N–H and O–H groups in total. The second-order valence-electron chi connectivity index (χ2n) is 8.65. The van der Waals surface area contributed by atoms with Crippen LogP contribution in [-0.2, 0) is 14.3 Å². The molecule has 0 aromatic carbocycles. The molecule has 20 heavy (non-hydrogen) atoms. The van der Waals surface area contributed by atoms with Gasteiger partial charge >= 0.3 is 5.97 Å². The van der Waals surface area contributed by atoms with E-state index in [9.17, 15) is 4.79 Å². The van der Waals surface area contributed by atoms with Gasteiger partial charge < -0.3 is 9.47 Å². The molecular formula is C17H24O3. The highest BCUT2D eigenvalue weighted by molar-refractivity contribution is 5.70. The first kappa shape index (κ1) is 12.0. The number of rotatable bonds is 0. The van der Waals surface area contributed by atoms with Gasteiger partial charge in [0.25, 0.3) is 0 Å². The summed E-state index contributed by atoms with van der Waals surface area (Å²) in [6, 6.07) is 0. The molecule has 6 aliphatic rings. The van der Waals surface area contributed by atoms with Crippen molar-refractivity contribution in [3.63, 3.8) is 0 Å². The van der Waals surface area contributed by atoms with E-state index < -0.39 is 0 Å². The summed E-state index contributed by atoms with van der Waals surface area (Å²) in [7, 11) is 0. The van der Waals surface area contributed by atoms with Gasteiger partial charge in [0.2, 0.25) is 0 Å². The van der Waals surface area contributed by atoms with Crippen LogP contribution < -0.4 is 0 Å². The molecule has 0 unspecified atom stereocenters. The van der Waals surface area contributed by atoms with Crippen LogP contribution in [0.2, 0.25) is 0 Å². The maximum atomic E-state index is 11.7. The Labute approximate surface area is 120 Å². The number of fused-ring (bicyclic) bond motifs is 1. The molecule has 3 aliphatic heterocycles. The number of esters is 1. The monoisotopic (exact) mass is 276 g/mol. The number of hydrogen-bond acceptors (Lipinski definition) is 3. The van der Waals surface area contributed by atoms with Gasteiger partial charge in [-0.15, -0.1) is 0 Å². The molecule has 3 heterocycles. The standard InChI is InChI=1S/C17H24O3/c1-15-5-4-13(18)19-12(15)3-6-17-8-10-7-11(14(15)17)20-16(10,2)9-17/h10-12,14H,3-9H2,1-2H3/t10-,11+,12+,14+,15-,16+,17+/m1/s1. The summed E-state index contributed by atoms with van der Waals surface area (Å²) in [4.78, 5) is 11.7. The largest absolute Gasteiger partial charge is 0.462 e. The van der Waals surface area contributed by atoms with Crippen LogP contribution in [0.1, 0.15) is 58.8 Å². The van der Waals surface area contributed by atoms with Crippen molar-refractivity contribution in [3.8, 4) is 0 Å². The Kier molecular flexibility index (Phi) is 1.96. The molecule has 6 rings (SSSR count). The van der Waals surface area contributed by atoms with Crippen LogP contribution in [-0.4, -0.2) is 23.8 Å². The van der Waals surface area contributed by atoms with E-state index in [4.69, 9.17) is 9.47 Å². The van der Waals surface area contributed by atoms with E-state index in [1.54, 1.807) is 0 Å². The highest BCUT2D eigenvalue weighted by Gasteiger charge is 2.73. The Morgan fingerprint density at radius 2 is 2.10 bits per heavy atom. The molecular weight excluding hydrogens is 252 g/mol. The molecule has 110 valence electrons. The van der Waals surface area contributed by atoms with E-state index in [1.165, 1.54) is 25.7 Å². The van der Waals surface area contributed by atoms with Gasteiger partial charge in [0.1, 0.15) is 6.10 Å². The van der Waals surface area contributed by atoms with Crippen molar-refractivity contribution in [1.29, 1.82) is 0 Å². The Balaban J connectivity index is 1.59. The first-order valence-electron chi connectivity index (χ1n) is 8.33. The Bertz CT molecular complexity index is 502. The van der Waals surface area contributed by atoms with Gasteiger partial charge in [-0.1, -0.05) is 6.92 Å². The van der Waals surface area contributed by atoms with Crippen LogP contribution in [0.15, 0.2) is 0 Å². The van der Waals surface area contributed by atoms with E-state index in [0.29, 0.717) is 23.9 Å². The minimum Gasteiger partial charge on any atom is -0.462 e. The first-order chi connectivity index (χ1) is 9.45. The fourth-order valence-electron chi connectivity index (χ4n) is 7.12. The molecule has 3 nitrogen and oxygen atoms in total. The molecule has 0 radical (unpaired) electrons. The second kappa shape index (κ2) is 3.26. The highest BCUT2D eigenvalue weighted by Crippen LogP contribution is 2.74. The zero-order valence-electron chi connectivity index (χ0n) is 12.5. The van der Waals surface area contributed by atoms with Gasteiger partial charge in [-0.05, 0) is 62.7 Å². The molecule has 3 aliphatic carbocycles. The van der Waals surface area contributed by atoms with Crippen LogP contribution >= 0.6 is 0 Å². The Morgan fingerprint density at radius 3 is 2.90 bits per heavy atom. The fourth-order valence-corrected chi connectivity index (χ4v) is 7.12. The lowest BCUT2D eigenvalue weighted by atomic mass is 9.47. The van der Waals surface area contributed by atoms with Gasteiger partial charge in [0.05, 0.1) is 11.7 Å². The van der Waals surface area contributed by atoms with Crippen LogP contribution in [0.5, 0.6) is 0 Å². The summed E-state index contributed by atoms with van der Waals surface area (Å²) in [6.07, 6.45) is 8.37. The lowest BCUT2D eigenvalue weighted by Crippen LogP contribution is -2.61. The quantitative estimate of drug-likeness (QED) is 0.638. The van der Waals surface area contributed by atoms with Crippen molar-refractivity contribution in [2.45, 2.75) is 76.6 Å². The Morgan fingerprint density at radius 1 is 1.25 bits per heavy atom. The smallest absolute Gasteiger partial charge is 0.306 e. The maximum Gasteiger partial charge on any atom is 0.306 e. The lowest BCUT2D eigenvalue weighted by Gasteiger charge is -2.61. The first-order valence-corrected chi connectivity index (χ1v) is 8.33. The molecule has 7 atom stereocenters. The molecule has 4 bridgehead atoms. The molecule has 3 saturated heterocycles. The van der Waals surface area contributed by atoms with Gasteiger partial charge in [0, 0.05) is 11.8 Å². The third kappa shape index (κ3) is 1.17. The lowest BCUT2D eigenvalue weighted by molar-refractivity contribution is -0.235. The normalized spacial score (nSPS) is 63.0. The fraction of sp³-hybridized carbons (Fsp3) is 0.941. The van der Waals surface area contributed by atoms with E-state index in [1.807, 2.05) is 0 Å². The van der Waals surface area contributed by atoms with Crippen LogP contribution in [0.4, 0.5) is 0 Å². The maximum absolute atomic E-state index is 11.7. The van der Waals surface area contributed by atoms with Gasteiger partial charge in [-0.2, -0.15) is 0 Å². The highest BCUT2D eigenvalue weighted by atomic mass is 16.5. The van der Waals surface area contributed by atoms with E-state index in [2.05, 4.69) is 13.8 Å². The summed E-state index contributed by atoms with van der Waals surface area (Å²) in [5.74, 6) is 1.42. The second-order valence-corrected chi connectivity index (χ2v) is 8.65. The third-order valence-electron chi connectivity index (χ3n) is 7.68. The van der Waals surface area contributed by atoms with Gasteiger partial charge in [-0.25, -0.2) is 0 Å². The van der Waals surface area contributed by atoms with Crippen molar-refractivity contribution in [3.05, 3.63) is 0 Å². The summed E-state index contributed by atoms with van der Waals surface area (Å²) < 4.78 is 12.2. The SMILES string of the molecule is C[C@@]12CCC(=O)O[C@H]1CC[C@]13C[C@H]4C[C@H](O[C@@]4(C)C1)[C@H]32. The van der Waals surface area contributed by atoms with Crippen molar-refractivity contribution >= 4 is 5.97 Å². The summed E-state index contributed by atoms with van der Waals surface area (Å²) >= 11 is 0. The average molecular weight is 276 g/mol. The number of ether oxygens (including phenoxy) is 2. The Hall–Kier alpha value is -0.570. The van der Waals surface area contributed by atoms with Crippen LogP contribution in [0.25, 0.3) is 0 Å². The predicted molar refractivity (Wildman–Crippen MR) is 73.0 cm³/mol.